The number of amides is 1. The third-order valence-electron chi connectivity index (χ3n) is 5.33. The number of methoxy groups -OCH3 is 1. The van der Waals surface area contributed by atoms with E-state index in [1.54, 1.807) is 35.9 Å². The van der Waals surface area contributed by atoms with E-state index in [0.29, 0.717) is 35.4 Å². The lowest BCUT2D eigenvalue weighted by atomic mass is 10.1. The number of nitrogens with zero attached hydrogens (tertiary/aromatic N) is 4. The van der Waals surface area contributed by atoms with Crippen molar-refractivity contribution in [2.45, 2.75) is 38.0 Å². The minimum absolute atomic E-state index is 0.00574. The molecular weight excluding hydrogens is 434 g/mol. The number of carbonyl (C=O) groups excluding carboxylic acids is 1. The van der Waals surface area contributed by atoms with Crippen molar-refractivity contribution < 1.29 is 9.53 Å². The first-order valence-corrected chi connectivity index (χ1v) is 11.8. The molecule has 1 N–H and O–H groups in total. The second-order valence-corrected chi connectivity index (χ2v) is 8.73. The van der Waals surface area contributed by atoms with Gasteiger partial charge >= 0.3 is 0 Å². The van der Waals surface area contributed by atoms with Crippen molar-refractivity contribution in [1.29, 1.82) is 5.26 Å². The molecular formula is C25H25N5O2S. The highest BCUT2D eigenvalue weighted by atomic mass is 32.2. The molecule has 1 aliphatic rings. The summed E-state index contributed by atoms with van der Waals surface area (Å²) in [6.45, 7) is 3.10. The molecule has 0 aliphatic carbocycles. The Morgan fingerprint density at radius 2 is 1.85 bits per heavy atom. The van der Waals surface area contributed by atoms with Gasteiger partial charge in [-0.05, 0) is 41.8 Å². The molecule has 33 heavy (non-hydrogen) atoms. The summed E-state index contributed by atoms with van der Waals surface area (Å²) in [7, 11) is 1.65. The van der Waals surface area contributed by atoms with Gasteiger partial charge in [-0.25, -0.2) is 9.97 Å². The topological polar surface area (TPSA) is 91.1 Å². The molecule has 2 aromatic carbocycles. The molecule has 2 heterocycles. The number of anilines is 2. The van der Waals surface area contributed by atoms with Gasteiger partial charge < -0.3 is 10.1 Å². The summed E-state index contributed by atoms with van der Waals surface area (Å²) in [6.07, 6.45) is 1.27. The predicted octanol–water partition coefficient (Wildman–Crippen LogP) is 4.56. The van der Waals surface area contributed by atoms with Gasteiger partial charge in [0.05, 0.1) is 31.7 Å². The molecule has 0 radical (unpaired) electrons. The maximum atomic E-state index is 12.9. The van der Waals surface area contributed by atoms with E-state index >= 15 is 0 Å². The number of ether oxygens (including phenoxy) is 1. The summed E-state index contributed by atoms with van der Waals surface area (Å²) >= 11 is 1.59. The number of rotatable bonds is 9. The summed E-state index contributed by atoms with van der Waals surface area (Å²) in [5.74, 6) is 3.07. The van der Waals surface area contributed by atoms with Crippen molar-refractivity contribution in [3.05, 3.63) is 70.8 Å². The van der Waals surface area contributed by atoms with Crippen molar-refractivity contribution in [2.75, 3.05) is 23.1 Å². The summed E-state index contributed by atoms with van der Waals surface area (Å²) < 4.78 is 5.23. The number of benzene rings is 2. The smallest absolute Gasteiger partial charge is 0.233 e. The van der Waals surface area contributed by atoms with Crippen LogP contribution in [0.4, 0.5) is 11.6 Å². The maximum Gasteiger partial charge on any atom is 0.233 e. The minimum Gasteiger partial charge on any atom is -0.497 e. The Hall–Kier alpha value is -3.57. The molecule has 1 aromatic heterocycles. The Balaban J connectivity index is 1.60. The fourth-order valence-electron chi connectivity index (χ4n) is 3.57. The molecule has 1 aliphatic heterocycles. The van der Waals surface area contributed by atoms with E-state index < -0.39 is 0 Å². The second kappa shape index (κ2) is 10.4. The van der Waals surface area contributed by atoms with Gasteiger partial charge in [-0.15, -0.1) is 0 Å². The van der Waals surface area contributed by atoms with E-state index in [1.807, 2.05) is 36.4 Å². The van der Waals surface area contributed by atoms with Gasteiger partial charge in [0.15, 0.2) is 5.16 Å². The third-order valence-corrected chi connectivity index (χ3v) is 6.38. The summed E-state index contributed by atoms with van der Waals surface area (Å²) in [5, 5.41) is 13.1. The molecule has 0 unspecified atom stereocenters. The zero-order valence-electron chi connectivity index (χ0n) is 18.7. The molecule has 0 saturated carbocycles. The van der Waals surface area contributed by atoms with Crippen LogP contribution in [0.1, 0.15) is 35.6 Å². The number of hydrogen-bond donors (Lipinski definition) is 1. The molecule has 0 spiro atoms. The van der Waals surface area contributed by atoms with Crippen molar-refractivity contribution in [2.24, 2.45) is 0 Å². The Labute approximate surface area is 197 Å². The minimum atomic E-state index is -0.00574. The zero-order valence-corrected chi connectivity index (χ0v) is 19.5. The second-order valence-electron chi connectivity index (χ2n) is 7.67. The van der Waals surface area contributed by atoms with Gasteiger partial charge in [-0.3, -0.25) is 9.69 Å². The summed E-state index contributed by atoms with van der Waals surface area (Å²) in [4.78, 5) is 24.1. The van der Waals surface area contributed by atoms with E-state index in [-0.39, 0.29) is 12.3 Å². The lowest BCUT2D eigenvalue weighted by Gasteiger charge is -2.18. The first kappa shape index (κ1) is 22.6. The fourth-order valence-corrected chi connectivity index (χ4v) is 4.26. The number of fused-ring (bicyclic) bond motifs is 1. The van der Waals surface area contributed by atoms with Gasteiger partial charge in [0, 0.05) is 17.9 Å². The molecule has 0 saturated heterocycles. The third kappa shape index (κ3) is 5.26. The first-order valence-electron chi connectivity index (χ1n) is 10.8. The molecule has 0 atom stereocenters. The predicted molar refractivity (Wildman–Crippen MR) is 129 cm³/mol. The number of nitriles is 1. The Morgan fingerprint density at radius 3 is 2.52 bits per heavy atom. The van der Waals surface area contributed by atoms with Crippen LogP contribution in [-0.4, -0.2) is 28.7 Å². The van der Waals surface area contributed by atoms with E-state index in [9.17, 15) is 4.79 Å². The number of nitrogens with one attached hydrogen (secondary N) is 1. The van der Waals surface area contributed by atoms with Gasteiger partial charge in [-0.2, -0.15) is 5.26 Å². The summed E-state index contributed by atoms with van der Waals surface area (Å²) in [5.41, 5.74) is 3.45. The van der Waals surface area contributed by atoms with Crippen LogP contribution >= 0.6 is 11.8 Å². The van der Waals surface area contributed by atoms with Crippen LogP contribution in [0.15, 0.2) is 53.7 Å². The highest BCUT2D eigenvalue weighted by Gasteiger charge is 2.32. The van der Waals surface area contributed by atoms with Gasteiger partial charge in [0.2, 0.25) is 5.91 Å². The van der Waals surface area contributed by atoms with Crippen LogP contribution in [0, 0.1) is 11.3 Å². The van der Waals surface area contributed by atoms with E-state index in [4.69, 9.17) is 20.0 Å². The molecule has 0 fully saturated rings. The highest BCUT2D eigenvalue weighted by Crippen LogP contribution is 2.35. The molecule has 8 heteroatoms. The first-order chi connectivity index (χ1) is 16.1. The SMILES string of the molecule is CCCSc1nc(NCc2ccc(OC)cc2)c2c(n1)N(Cc1ccc(C#N)cc1)C(=O)C2. The van der Waals surface area contributed by atoms with Crippen LogP contribution in [0.2, 0.25) is 0 Å². The van der Waals surface area contributed by atoms with Crippen molar-refractivity contribution in [3.8, 4) is 11.8 Å². The largest absolute Gasteiger partial charge is 0.497 e. The normalized spacial score (nSPS) is 12.4. The number of aromatic nitrogens is 2. The van der Waals surface area contributed by atoms with Crippen molar-refractivity contribution in [1.82, 2.24) is 9.97 Å². The highest BCUT2D eigenvalue weighted by molar-refractivity contribution is 7.99. The van der Waals surface area contributed by atoms with E-state index in [1.165, 1.54) is 0 Å². The number of thioether (sulfide) groups is 1. The molecule has 4 rings (SSSR count). The van der Waals surface area contributed by atoms with Gasteiger partial charge in [0.25, 0.3) is 0 Å². The zero-order chi connectivity index (χ0) is 23.2. The van der Waals surface area contributed by atoms with Crippen LogP contribution in [0.25, 0.3) is 0 Å². The number of hydrogen-bond acceptors (Lipinski definition) is 7. The monoisotopic (exact) mass is 459 g/mol. The van der Waals surface area contributed by atoms with E-state index in [0.717, 1.165) is 34.6 Å². The van der Waals surface area contributed by atoms with Crippen molar-refractivity contribution in [3.63, 3.8) is 0 Å². The van der Waals surface area contributed by atoms with E-state index in [2.05, 4.69) is 18.3 Å². The lowest BCUT2D eigenvalue weighted by molar-refractivity contribution is -0.117. The lowest BCUT2D eigenvalue weighted by Crippen LogP contribution is -2.26. The summed E-state index contributed by atoms with van der Waals surface area (Å²) in [6, 6.07) is 17.3. The van der Waals surface area contributed by atoms with Gasteiger partial charge in [-0.1, -0.05) is 43.0 Å². The van der Waals surface area contributed by atoms with Crippen LogP contribution in [-0.2, 0) is 24.3 Å². The molecule has 168 valence electrons. The average molecular weight is 460 g/mol. The van der Waals surface area contributed by atoms with Gasteiger partial charge in [0.1, 0.15) is 17.4 Å². The molecule has 0 bridgehead atoms. The Morgan fingerprint density at radius 1 is 1.12 bits per heavy atom. The van der Waals surface area contributed by atoms with Crippen LogP contribution < -0.4 is 15.0 Å². The average Bonchev–Trinajstić information content (AvgIpc) is 3.17. The standard InChI is InChI=1S/C25H25N5O2S/c1-3-12-33-25-28-23(27-15-18-8-10-20(32-2)11-9-18)21-13-22(31)30(24(21)29-25)16-19-6-4-17(14-26)5-7-19/h4-11H,3,12-13,15-16H2,1-2H3,(H,27,28,29). The van der Waals surface area contributed by atoms with Crippen molar-refractivity contribution >= 4 is 29.3 Å². The Kier molecular flexibility index (Phi) is 7.10. The molecule has 1 amide bonds. The van der Waals surface area contributed by atoms with Crippen LogP contribution in [0.3, 0.4) is 0 Å². The molecule has 7 nitrogen and oxygen atoms in total. The quantitative estimate of drug-likeness (QED) is 0.370. The van der Waals surface area contributed by atoms with Crippen LogP contribution in [0.5, 0.6) is 5.75 Å². The maximum absolute atomic E-state index is 12.9. The Bertz CT molecular complexity index is 1170. The number of carbonyl (C=O) groups is 1. The fraction of sp³-hybridized carbons (Fsp3) is 0.280. The molecule has 3 aromatic rings.